The fourth-order valence-corrected chi connectivity index (χ4v) is 2.13. The quantitative estimate of drug-likeness (QED) is 0.439. The third kappa shape index (κ3) is 1.67. The Kier molecular flexibility index (Phi) is 2.69. The number of aromatic hydroxyl groups is 3. The van der Waals surface area contributed by atoms with Crippen LogP contribution in [0.2, 0.25) is 0 Å². The number of hydrogen-bond donors (Lipinski definition) is 3. The van der Waals surface area contributed by atoms with E-state index in [1.165, 1.54) is 0 Å². The Bertz CT molecular complexity index is 454. The highest BCUT2D eigenvalue weighted by molar-refractivity contribution is 7.87. The predicted molar refractivity (Wildman–Crippen MR) is 49.6 cm³/mol. The zero-order valence-electron chi connectivity index (χ0n) is 7.13. The van der Waals surface area contributed by atoms with Crippen molar-refractivity contribution >= 4 is 20.6 Å². The molecule has 0 saturated carbocycles. The van der Waals surface area contributed by atoms with Crippen LogP contribution < -0.4 is 0 Å². The molecule has 0 saturated heterocycles. The zero-order valence-corrected chi connectivity index (χ0v) is 9.95. The second-order valence-electron chi connectivity index (χ2n) is 2.40. The van der Waals surface area contributed by atoms with Crippen molar-refractivity contribution in [2.24, 2.45) is 0 Å². The minimum Gasteiger partial charge on any atom is -0.504 e. The molecule has 14 heavy (non-hydrogen) atoms. The van der Waals surface area contributed by atoms with Gasteiger partial charge >= 0.3 is 0 Å². The molecule has 1 aromatic rings. The van der Waals surface area contributed by atoms with Gasteiger partial charge in [0.1, 0.15) is 4.90 Å². The summed E-state index contributed by atoms with van der Waals surface area (Å²) >= 11 is 0. The van der Waals surface area contributed by atoms with E-state index in [2.05, 4.69) is 3.87 Å². The lowest BCUT2D eigenvalue weighted by molar-refractivity contribution is 0.359. The molecule has 0 unspecified atom stereocenters. The van der Waals surface area contributed by atoms with Gasteiger partial charge in [-0.1, -0.05) is 0 Å². The van der Waals surface area contributed by atoms with E-state index in [9.17, 15) is 13.5 Å². The van der Waals surface area contributed by atoms with Gasteiger partial charge < -0.3 is 19.2 Å². The summed E-state index contributed by atoms with van der Waals surface area (Å²) in [4.78, 5) is -0.567. The van der Waals surface area contributed by atoms with Crippen molar-refractivity contribution in [2.45, 2.75) is 4.90 Å². The lowest BCUT2D eigenvalue weighted by Crippen LogP contribution is -2.03. The molecule has 0 amide bonds. The predicted octanol–water partition coefficient (Wildman–Crippen LogP) is -1.21. The van der Waals surface area contributed by atoms with Gasteiger partial charge in [0.15, 0.2) is 22.0 Å². The highest BCUT2D eigenvalue weighted by Crippen LogP contribution is 2.39. The van der Waals surface area contributed by atoms with E-state index < -0.39 is 32.3 Å². The Morgan fingerprint density at radius 1 is 1.14 bits per heavy atom. The molecule has 1 aromatic carbocycles. The fraction of sp³-hybridized carbons (Fsp3) is 0. The normalized spacial score (nSPS) is 11.7. The van der Waals surface area contributed by atoms with Crippen LogP contribution in [0.25, 0.3) is 0 Å². The molecule has 78 valence electrons. The molecule has 1 rings (SSSR count). The maximum absolute atomic E-state index is 11.1. The molecule has 0 fully saturated rings. The number of phenolic OH excluding ortho intramolecular Hbond substituents is 3. The van der Waals surface area contributed by atoms with Crippen molar-refractivity contribution in [2.75, 3.05) is 0 Å². The van der Waals surface area contributed by atoms with Crippen molar-refractivity contribution in [1.82, 2.24) is 0 Å². The van der Waals surface area contributed by atoms with Crippen LogP contribution in [0.15, 0.2) is 17.0 Å². The molecule has 0 aliphatic heterocycles. The maximum Gasteiger partial charge on any atom is 0.290 e. The van der Waals surface area contributed by atoms with E-state index in [1.807, 2.05) is 0 Å². The molecular weight excluding hydrogens is 228 g/mol. The first-order chi connectivity index (χ1) is 6.40. The van der Waals surface area contributed by atoms with Crippen LogP contribution in [-0.2, 0) is 14.0 Å². The van der Waals surface area contributed by atoms with E-state index in [1.54, 1.807) is 0 Å². The van der Waals surface area contributed by atoms with Crippen LogP contribution in [0.5, 0.6) is 17.2 Å². The summed E-state index contributed by atoms with van der Waals surface area (Å²) in [7, 11) is -4.09. The molecule has 0 heterocycles. The summed E-state index contributed by atoms with van der Waals surface area (Å²) in [5.41, 5.74) is 0. The average Bonchev–Trinajstić information content (AvgIpc) is 2.14. The van der Waals surface area contributed by atoms with Crippen LogP contribution in [0.4, 0.5) is 0 Å². The van der Waals surface area contributed by atoms with Crippen molar-refractivity contribution in [3.8, 4) is 17.2 Å². The first-order valence-electron chi connectivity index (χ1n) is 3.44. The van der Waals surface area contributed by atoms with Gasteiger partial charge in [-0.3, -0.25) is 0 Å². The lowest BCUT2D eigenvalue weighted by atomic mass is 10.3. The van der Waals surface area contributed by atoms with Gasteiger partial charge in [0.05, 0.1) is 0 Å². The van der Waals surface area contributed by atoms with Crippen LogP contribution >= 0.6 is 0 Å². The SMILES string of the molecule is O=S(=O)(O[SiH3])c1ccc(O)c(O)c1O. The number of rotatable bonds is 2. The van der Waals surface area contributed by atoms with E-state index in [-0.39, 0.29) is 10.5 Å². The monoisotopic (exact) mass is 236 g/mol. The van der Waals surface area contributed by atoms with Gasteiger partial charge in [0.25, 0.3) is 10.1 Å². The zero-order chi connectivity index (χ0) is 10.9. The smallest absolute Gasteiger partial charge is 0.290 e. The Morgan fingerprint density at radius 3 is 2.21 bits per heavy atom. The molecule has 0 aliphatic carbocycles. The highest BCUT2D eigenvalue weighted by atomic mass is 32.2. The number of benzene rings is 1. The first-order valence-corrected chi connectivity index (χ1v) is 5.67. The maximum atomic E-state index is 11.1. The Hall–Kier alpha value is -1.25. The summed E-state index contributed by atoms with van der Waals surface area (Å²) in [6, 6.07) is 1.89. The number of hydrogen-bond acceptors (Lipinski definition) is 6. The molecule has 8 heteroatoms. The Balaban J connectivity index is 3.47. The molecule has 0 aliphatic rings. The van der Waals surface area contributed by atoms with Crippen molar-refractivity contribution in [3.05, 3.63) is 12.1 Å². The van der Waals surface area contributed by atoms with Gasteiger partial charge in [0.2, 0.25) is 5.75 Å². The Labute approximate surface area is 83.1 Å². The van der Waals surface area contributed by atoms with Gasteiger partial charge in [-0.2, -0.15) is 8.42 Å². The third-order valence-corrected chi connectivity index (χ3v) is 4.21. The lowest BCUT2D eigenvalue weighted by Gasteiger charge is -2.06. The first kappa shape index (κ1) is 10.8. The van der Waals surface area contributed by atoms with Crippen molar-refractivity contribution in [3.63, 3.8) is 0 Å². The Morgan fingerprint density at radius 2 is 1.71 bits per heavy atom. The van der Waals surface area contributed by atoms with Crippen LogP contribution in [-0.4, -0.2) is 34.2 Å². The summed E-state index contributed by atoms with van der Waals surface area (Å²) in [6.45, 7) is 0. The molecule has 0 spiro atoms. The van der Waals surface area contributed by atoms with Gasteiger partial charge in [-0.25, -0.2) is 0 Å². The summed E-state index contributed by atoms with van der Waals surface area (Å²) in [6.07, 6.45) is 0. The third-order valence-electron chi connectivity index (χ3n) is 1.58. The molecule has 3 N–H and O–H groups in total. The van der Waals surface area contributed by atoms with Crippen LogP contribution in [0.1, 0.15) is 0 Å². The average molecular weight is 236 g/mol. The minimum atomic E-state index is -4.03. The molecule has 0 atom stereocenters. The second-order valence-corrected chi connectivity index (χ2v) is 5.08. The molecular formula is C6H8O6SSi. The molecule has 0 aromatic heterocycles. The molecule has 0 bridgehead atoms. The summed E-state index contributed by atoms with van der Waals surface area (Å²) < 4.78 is 26.5. The van der Waals surface area contributed by atoms with E-state index in [4.69, 9.17) is 10.2 Å². The standard InChI is InChI=1S/C6H8O6SSi/c7-3-1-2-4(6(9)5(3)8)13(10,11)12-14/h1-2,7-9H,14H3. The number of phenols is 3. The van der Waals surface area contributed by atoms with Gasteiger partial charge in [-0.15, -0.1) is 0 Å². The van der Waals surface area contributed by atoms with E-state index in [0.29, 0.717) is 0 Å². The van der Waals surface area contributed by atoms with E-state index in [0.717, 1.165) is 12.1 Å². The van der Waals surface area contributed by atoms with Crippen molar-refractivity contribution in [1.29, 1.82) is 0 Å². The summed E-state index contributed by atoms with van der Waals surface area (Å²) in [5, 5.41) is 27.2. The molecule has 0 radical (unpaired) electrons. The van der Waals surface area contributed by atoms with E-state index >= 15 is 0 Å². The second kappa shape index (κ2) is 3.48. The van der Waals surface area contributed by atoms with Crippen molar-refractivity contribution < 1.29 is 27.6 Å². The van der Waals surface area contributed by atoms with Crippen LogP contribution in [0, 0.1) is 0 Å². The minimum absolute atomic E-state index is 0.0671. The van der Waals surface area contributed by atoms with Crippen LogP contribution in [0.3, 0.4) is 0 Å². The summed E-state index contributed by atoms with van der Waals surface area (Å²) in [5.74, 6) is -2.40. The van der Waals surface area contributed by atoms with Gasteiger partial charge in [0, 0.05) is 0 Å². The molecule has 6 nitrogen and oxygen atoms in total. The fourth-order valence-electron chi connectivity index (χ4n) is 0.842. The van der Waals surface area contributed by atoms with Gasteiger partial charge in [-0.05, 0) is 12.1 Å². The highest BCUT2D eigenvalue weighted by Gasteiger charge is 2.21. The topological polar surface area (TPSA) is 104 Å². The largest absolute Gasteiger partial charge is 0.504 e.